The molecule has 0 heterocycles. The summed E-state index contributed by atoms with van der Waals surface area (Å²) in [4.78, 5) is 12.3. The maximum atomic E-state index is 12.7. The Balaban J connectivity index is 2.87. The van der Waals surface area contributed by atoms with Crippen LogP contribution in [0.5, 0.6) is 0 Å². The van der Waals surface area contributed by atoms with Crippen LogP contribution in [-0.2, 0) is 14.8 Å². The van der Waals surface area contributed by atoms with E-state index in [0.29, 0.717) is 18.8 Å². The summed E-state index contributed by atoms with van der Waals surface area (Å²) in [6.07, 6.45) is 3.35. The predicted octanol–water partition coefficient (Wildman–Crippen LogP) is 3.87. The van der Waals surface area contributed by atoms with Crippen molar-refractivity contribution in [1.29, 1.82) is 0 Å². The van der Waals surface area contributed by atoms with E-state index in [-0.39, 0.29) is 16.7 Å². The minimum atomic E-state index is -3.47. The van der Waals surface area contributed by atoms with Gasteiger partial charge in [0, 0.05) is 24.7 Å². The first-order valence-electron chi connectivity index (χ1n) is 8.77. The fourth-order valence-electron chi connectivity index (χ4n) is 2.54. The molecule has 1 aromatic rings. The number of hydrogen-bond acceptors (Lipinski definition) is 3. The van der Waals surface area contributed by atoms with E-state index in [1.165, 1.54) is 4.31 Å². The smallest absolute Gasteiger partial charge is 0.243 e. The number of amides is 1. The molecule has 0 bridgehead atoms. The normalized spacial score (nSPS) is 13.0. The topological polar surface area (TPSA) is 66.5 Å². The van der Waals surface area contributed by atoms with Crippen LogP contribution in [0.15, 0.2) is 29.2 Å². The maximum Gasteiger partial charge on any atom is 0.243 e. The van der Waals surface area contributed by atoms with E-state index >= 15 is 0 Å². The molecule has 1 N–H and O–H groups in total. The van der Waals surface area contributed by atoms with Crippen LogP contribution >= 0.6 is 0 Å². The summed E-state index contributed by atoms with van der Waals surface area (Å²) >= 11 is 0. The average molecular weight is 355 g/mol. The SMILES string of the molecule is CCC[C@@H](C)C(=O)Nc1ccc(S(=O)(=O)N(CCC)CCC)cc1. The summed E-state index contributed by atoms with van der Waals surface area (Å²) in [5.74, 6) is -0.0888. The molecule has 0 fully saturated rings. The second kappa shape index (κ2) is 9.79. The molecular formula is C18H30N2O3S. The lowest BCUT2D eigenvalue weighted by Gasteiger charge is -2.21. The summed E-state index contributed by atoms with van der Waals surface area (Å²) in [6, 6.07) is 6.43. The number of nitrogens with zero attached hydrogens (tertiary/aromatic N) is 1. The van der Waals surface area contributed by atoms with Crippen molar-refractivity contribution in [3.63, 3.8) is 0 Å². The number of carbonyl (C=O) groups is 1. The summed E-state index contributed by atoms with van der Waals surface area (Å²) in [5.41, 5.74) is 0.624. The third kappa shape index (κ3) is 5.60. The predicted molar refractivity (Wildman–Crippen MR) is 98.5 cm³/mol. The first-order chi connectivity index (χ1) is 11.4. The molecule has 0 aliphatic rings. The Morgan fingerprint density at radius 3 is 2.04 bits per heavy atom. The van der Waals surface area contributed by atoms with Crippen LogP contribution < -0.4 is 5.32 Å². The van der Waals surface area contributed by atoms with Gasteiger partial charge < -0.3 is 5.32 Å². The molecular weight excluding hydrogens is 324 g/mol. The van der Waals surface area contributed by atoms with Gasteiger partial charge in [0.2, 0.25) is 15.9 Å². The lowest BCUT2D eigenvalue weighted by atomic mass is 10.1. The molecule has 0 radical (unpaired) electrons. The minimum absolute atomic E-state index is 0.0361. The highest BCUT2D eigenvalue weighted by atomic mass is 32.2. The second-order valence-corrected chi connectivity index (χ2v) is 8.05. The molecule has 24 heavy (non-hydrogen) atoms. The summed E-state index contributed by atoms with van der Waals surface area (Å²) in [7, 11) is -3.47. The zero-order chi connectivity index (χ0) is 18.2. The lowest BCUT2D eigenvalue weighted by Crippen LogP contribution is -2.32. The number of anilines is 1. The van der Waals surface area contributed by atoms with Gasteiger partial charge in [-0.2, -0.15) is 4.31 Å². The Hall–Kier alpha value is -1.40. The zero-order valence-electron chi connectivity index (χ0n) is 15.2. The van der Waals surface area contributed by atoms with E-state index in [0.717, 1.165) is 25.7 Å². The number of nitrogens with one attached hydrogen (secondary N) is 1. The van der Waals surface area contributed by atoms with Crippen LogP contribution in [0.4, 0.5) is 5.69 Å². The van der Waals surface area contributed by atoms with Crippen molar-refractivity contribution in [3.8, 4) is 0 Å². The summed E-state index contributed by atoms with van der Waals surface area (Å²) < 4.78 is 26.9. The molecule has 6 heteroatoms. The molecule has 0 unspecified atom stereocenters. The third-order valence-corrected chi connectivity index (χ3v) is 5.79. The van der Waals surface area contributed by atoms with E-state index in [1.807, 2.05) is 27.7 Å². The molecule has 136 valence electrons. The van der Waals surface area contributed by atoms with Crippen molar-refractivity contribution in [1.82, 2.24) is 4.31 Å². The highest BCUT2D eigenvalue weighted by Crippen LogP contribution is 2.20. The molecule has 0 saturated heterocycles. The van der Waals surface area contributed by atoms with Crippen LogP contribution in [0.2, 0.25) is 0 Å². The quantitative estimate of drug-likeness (QED) is 0.693. The Labute approximate surface area is 146 Å². The molecule has 5 nitrogen and oxygen atoms in total. The van der Waals surface area contributed by atoms with Gasteiger partial charge in [0.15, 0.2) is 0 Å². The van der Waals surface area contributed by atoms with Crippen molar-refractivity contribution in [2.75, 3.05) is 18.4 Å². The highest BCUT2D eigenvalue weighted by Gasteiger charge is 2.23. The van der Waals surface area contributed by atoms with Gasteiger partial charge in [0.25, 0.3) is 0 Å². The molecule has 1 aromatic carbocycles. The van der Waals surface area contributed by atoms with Gasteiger partial charge in [-0.15, -0.1) is 0 Å². The molecule has 1 rings (SSSR count). The lowest BCUT2D eigenvalue weighted by molar-refractivity contribution is -0.119. The summed E-state index contributed by atoms with van der Waals surface area (Å²) in [6.45, 7) is 8.90. The molecule has 0 saturated carbocycles. The number of sulfonamides is 1. The average Bonchev–Trinajstić information content (AvgIpc) is 2.55. The van der Waals surface area contributed by atoms with Crippen molar-refractivity contribution in [2.24, 2.45) is 5.92 Å². The second-order valence-electron chi connectivity index (χ2n) is 6.11. The third-order valence-electron chi connectivity index (χ3n) is 3.87. The Bertz CT molecular complexity index is 606. The fraction of sp³-hybridized carbons (Fsp3) is 0.611. The van der Waals surface area contributed by atoms with Gasteiger partial charge in [-0.25, -0.2) is 8.42 Å². The van der Waals surface area contributed by atoms with Crippen LogP contribution in [0.3, 0.4) is 0 Å². The maximum absolute atomic E-state index is 12.7. The van der Waals surface area contributed by atoms with Gasteiger partial charge in [-0.1, -0.05) is 34.1 Å². The van der Waals surface area contributed by atoms with Crippen molar-refractivity contribution >= 4 is 21.6 Å². The zero-order valence-corrected chi connectivity index (χ0v) is 16.0. The van der Waals surface area contributed by atoms with Crippen molar-refractivity contribution in [3.05, 3.63) is 24.3 Å². The largest absolute Gasteiger partial charge is 0.326 e. The van der Waals surface area contributed by atoms with Gasteiger partial charge in [0.1, 0.15) is 0 Å². The number of benzene rings is 1. The van der Waals surface area contributed by atoms with Crippen LogP contribution in [0.25, 0.3) is 0 Å². The number of carbonyl (C=O) groups excluding carboxylic acids is 1. The molecule has 1 amide bonds. The van der Waals surface area contributed by atoms with Gasteiger partial charge in [0.05, 0.1) is 4.90 Å². The monoisotopic (exact) mass is 354 g/mol. The van der Waals surface area contributed by atoms with Crippen LogP contribution in [-0.4, -0.2) is 31.7 Å². The van der Waals surface area contributed by atoms with Crippen molar-refractivity contribution < 1.29 is 13.2 Å². The molecule has 0 spiro atoms. The Kier molecular flexibility index (Phi) is 8.42. The van der Waals surface area contributed by atoms with Gasteiger partial charge >= 0.3 is 0 Å². The van der Waals surface area contributed by atoms with E-state index in [4.69, 9.17) is 0 Å². The number of hydrogen-bond donors (Lipinski definition) is 1. The van der Waals surface area contributed by atoms with Gasteiger partial charge in [-0.3, -0.25) is 4.79 Å². The van der Waals surface area contributed by atoms with Gasteiger partial charge in [-0.05, 0) is 43.5 Å². The summed E-state index contributed by atoms with van der Waals surface area (Å²) in [5, 5.41) is 2.84. The van der Waals surface area contributed by atoms with Crippen LogP contribution in [0.1, 0.15) is 53.4 Å². The number of rotatable bonds is 10. The molecule has 0 aliphatic carbocycles. The molecule has 0 aliphatic heterocycles. The fourth-order valence-corrected chi connectivity index (χ4v) is 4.16. The van der Waals surface area contributed by atoms with E-state index in [1.54, 1.807) is 24.3 Å². The van der Waals surface area contributed by atoms with Crippen molar-refractivity contribution in [2.45, 2.75) is 58.3 Å². The molecule has 1 atom stereocenters. The molecule has 0 aromatic heterocycles. The highest BCUT2D eigenvalue weighted by molar-refractivity contribution is 7.89. The van der Waals surface area contributed by atoms with E-state index in [2.05, 4.69) is 5.32 Å². The van der Waals surface area contributed by atoms with Crippen LogP contribution in [0, 0.1) is 5.92 Å². The standard InChI is InChI=1S/C18H30N2O3S/c1-5-8-15(4)18(21)19-16-9-11-17(12-10-16)24(22,23)20(13-6-2)14-7-3/h9-12,15H,5-8,13-14H2,1-4H3,(H,19,21)/t15-/m1/s1. The first kappa shape index (κ1) is 20.6. The Morgan fingerprint density at radius 1 is 1.04 bits per heavy atom. The first-order valence-corrected chi connectivity index (χ1v) is 10.2. The minimum Gasteiger partial charge on any atom is -0.326 e. The Morgan fingerprint density at radius 2 is 1.58 bits per heavy atom. The van der Waals surface area contributed by atoms with E-state index in [9.17, 15) is 13.2 Å². The van der Waals surface area contributed by atoms with E-state index < -0.39 is 10.0 Å².